The van der Waals surface area contributed by atoms with Gasteiger partial charge in [0.15, 0.2) is 0 Å². The third kappa shape index (κ3) is 6.91. The van der Waals surface area contributed by atoms with Crippen molar-refractivity contribution in [2.75, 3.05) is 6.61 Å². The molecule has 0 bridgehead atoms. The minimum absolute atomic E-state index is 0.238. The summed E-state index contributed by atoms with van der Waals surface area (Å²) in [5.41, 5.74) is 0.414. The van der Waals surface area contributed by atoms with Gasteiger partial charge in [0.1, 0.15) is 17.3 Å². The Morgan fingerprint density at radius 2 is 1.88 bits per heavy atom. The molecule has 1 aromatic carbocycles. The fourth-order valence-electron chi connectivity index (χ4n) is 2.16. The predicted octanol–water partition coefficient (Wildman–Crippen LogP) is 3.47. The zero-order valence-electron chi connectivity index (χ0n) is 14.8. The van der Waals surface area contributed by atoms with Crippen LogP contribution in [0.1, 0.15) is 39.2 Å². The minimum Gasteiger partial charge on any atom is -0.464 e. The number of alkyl carbamates (subject to hydrolysis) is 1. The van der Waals surface area contributed by atoms with E-state index in [0.717, 1.165) is 18.4 Å². The molecule has 1 aliphatic carbocycles. The molecule has 1 aromatic rings. The summed E-state index contributed by atoms with van der Waals surface area (Å²) >= 11 is 0. The number of nitrogens with one attached hydrogen (secondary N) is 1. The number of hydrogen-bond donors (Lipinski definition) is 1. The molecule has 25 heavy (non-hydrogen) atoms. The topological polar surface area (TPSA) is 94.1 Å². The molecule has 1 amide bonds. The summed E-state index contributed by atoms with van der Waals surface area (Å²) in [5, 5.41) is 5.41. The van der Waals surface area contributed by atoms with Crippen LogP contribution in [-0.4, -0.2) is 30.3 Å². The molecule has 0 saturated heterocycles. The molecule has 1 fully saturated rings. The number of carbonyl (C=O) groups excluding carboxylic acids is 2. The van der Waals surface area contributed by atoms with E-state index in [4.69, 9.17) is 9.47 Å². The third-order valence-electron chi connectivity index (χ3n) is 3.62. The third-order valence-corrected chi connectivity index (χ3v) is 3.62. The van der Waals surface area contributed by atoms with Gasteiger partial charge in [0.05, 0.1) is 6.61 Å². The molecule has 1 aliphatic rings. The Morgan fingerprint density at radius 3 is 2.40 bits per heavy atom. The molecule has 7 nitrogen and oxygen atoms in total. The van der Waals surface area contributed by atoms with Gasteiger partial charge in [0.25, 0.3) is 0 Å². The molecular weight excluding hydrogens is 324 g/mol. The molecule has 0 radical (unpaired) electrons. The highest BCUT2D eigenvalue weighted by atomic mass is 16.6. The smallest absolute Gasteiger partial charge is 0.408 e. The Morgan fingerprint density at radius 1 is 1.24 bits per heavy atom. The van der Waals surface area contributed by atoms with Gasteiger partial charge in [0.2, 0.25) is 0 Å². The largest absolute Gasteiger partial charge is 0.464 e. The maximum atomic E-state index is 12.3. The standard InChI is InChI=1S/C18H24N2O5/c1-18(2,3)25-17(22)19-15(16(21)24-11-13-4-5-13)10-12-6-8-14(20-23)9-7-12/h6-9,13,15H,4-5,10-11H2,1-3H3,(H,19,22)/t15-/m1/s1. The fraction of sp³-hybridized carbons (Fsp3) is 0.556. The molecule has 0 heterocycles. The van der Waals surface area contributed by atoms with Crippen molar-refractivity contribution in [2.24, 2.45) is 11.1 Å². The normalized spacial score (nSPS) is 15.2. The molecule has 0 aromatic heterocycles. The van der Waals surface area contributed by atoms with Crippen LogP contribution in [0.4, 0.5) is 10.5 Å². The lowest BCUT2D eigenvalue weighted by Gasteiger charge is -2.23. The average molecular weight is 348 g/mol. The summed E-state index contributed by atoms with van der Waals surface area (Å²) in [4.78, 5) is 34.8. The first-order valence-electron chi connectivity index (χ1n) is 8.35. The van der Waals surface area contributed by atoms with E-state index in [2.05, 4.69) is 10.5 Å². The summed E-state index contributed by atoms with van der Waals surface area (Å²) in [6.45, 7) is 5.62. The number of nitrogens with zero attached hydrogens (tertiary/aromatic N) is 1. The van der Waals surface area contributed by atoms with Crippen molar-refractivity contribution in [3.8, 4) is 0 Å². The van der Waals surface area contributed by atoms with Gasteiger partial charge in [-0.3, -0.25) is 0 Å². The van der Waals surface area contributed by atoms with Crippen LogP contribution in [-0.2, 0) is 20.7 Å². The second kappa shape index (κ2) is 8.09. The first-order valence-corrected chi connectivity index (χ1v) is 8.35. The van der Waals surface area contributed by atoms with E-state index in [9.17, 15) is 14.5 Å². The van der Waals surface area contributed by atoms with Crippen molar-refractivity contribution < 1.29 is 19.1 Å². The monoisotopic (exact) mass is 348 g/mol. The number of rotatable bonds is 7. The van der Waals surface area contributed by atoms with Crippen molar-refractivity contribution in [3.05, 3.63) is 34.7 Å². The van der Waals surface area contributed by atoms with Gasteiger partial charge in [-0.2, -0.15) is 0 Å². The molecule has 0 aliphatic heterocycles. The lowest BCUT2D eigenvalue weighted by Crippen LogP contribution is -2.45. The van der Waals surface area contributed by atoms with Crippen molar-refractivity contribution in [1.82, 2.24) is 5.32 Å². The highest BCUT2D eigenvalue weighted by Crippen LogP contribution is 2.29. The maximum absolute atomic E-state index is 12.3. The zero-order valence-corrected chi connectivity index (χ0v) is 14.8. The van der Waals surface area contributed by atoms with E-state index >= 15 is 0 Å². The van der Waals surface area contributed by atoms with Crippen LogP contribution < -0.4 is 5.32 Å². The number of carbonyl (C=O) groups is 2. The maximum Gasteiger partial charge on any atom is 0.408 e. The molecule has 2 rings (SSSR count). The van der Waals surface area contributed by atoms with Gasteiger partial charge in [-0.15, -0.1) is 4.91 Å². The van der Waals surface area contributed by atoms with Gasteiger partial charge >= 0.3 is 12.1 Å². The van der Waals surface area contributed by atoms with Crippen LogP contribution in [0.2, 0.25) is 0 Å². The predicted molar refractivity (Wildman–Crippen MR) is 92.4 cm³/mol. The average Bonchev–Trinajstić information content (AvgIpc) is 3.35. The summed E-state index contributed by atoms with van der Waals surface area (Å²) in [7, 11) is 0. The lowest BCUT2D eigenvalue weighted by molar-refractivity contribution is -0.146. The van der Waals surface area contributed by atoms with E-state index in [1.807, 2.05) is 0 Å². The van der Waals surface area contributed by atoms with Gasteiger partial charge in [-0.1, -0.05) is 12.1 Å². The SMILES string of the molecule is CC(C)(C)OC(=O)N[C@H](Cc1ccc(N=O)cc1)C(=O)OCC1CC1. The zero-order chi connectivity index (χ0) is 18.4. The number of ether oxygens (including phenoxy) is 2. The summed E-state index contributed by atoms with van der Waals surface area (Å²) < 4.78 is 10.5. The lowest BCUT2D eigenvalue weighted by atomic mass is 10.1. The van der Waals surface area contributed by atoms with Crippen LogP contribution in [0.15, 0.2) is 29.4 Å². The fourth-order valence-corrected chi connectivity index (χ4v) is 2.16. The number of esters is 1. The second-order valence-corrected chi connectivity index (χ2v) is 7.23. The molecule has 1 saturated carbocycles. The highest BCUT2D eigenvalue weighted by molar-refractivity contribution is 5.81. The van der Waals surface area contributed by atoms with Crippen LogP contribution in [0.25, 0.3) is 0 Å². The van der Waals surface area contributed by atoms with Crippen molar-refractivity contribution >= 4 is 17.7 Å². The van der Waals surface area contributed by atoms with Gasteiger partial charge in [0, 0.05) is 6.42 Å². The Bertz CT molecular complexity index is 617. The van der Waals surface area contributed by atoms with Gasteiger partial charge in [-0.25, -0.2) is 9.59 Å². The van der Waals surface area contributed by atoms with E-state index in [-0.39, 0.29) is 6.42 Å². The molecule has 1 N–H and O–H groups in total. The minimum atomic E-state index is -0.858. The van der Waals surface area contributed by atoms with Crippen molar-refractivity contribution in [3.63, 3.8) is 0 Å². The van der Waals surface area contributed by atoms with Gasteiger partial charge < -0.3 is 14.8 Å². The van der Waals surface area contributed by atoms with Crippen LogP contribution in [0.5, 0.6) is 0 Å². The molecule has 136 valence electrons. The number of nitroso groups, excluding NO2 is 1. The molecule has 0 unspecified atom stereocenters. The molecule has 0 spiro atoms. The van der Waals surface area contributed by atoms with E-state index < -0.39 is 23.7 Å². The number of hydrogen-bond acceptors (Lipinski definition) is 6. The van der Waals surface area contributed by atoms with E-state index in [1.165, 1.54) is 0 Å². The Hall–Kier alpha value is -2.44. The number of benzene rings is 1. The summed E-state index contributed by atoms with van der Waals surface area (Å²) in [6.07, 6.45) is 1.70. The molecule has 1 atom stereocenters. The molecular formula is C18H24N2O5. The first-order chi connectivity index (χ1) is 11.8. The summed E-state index contributed by atoms with van der Waals surface area (Å²) in [5.74, 6) is -0.0561. The molecule has 7 heteroatoms. The van der Waals surface area contributed by atoms with Crippen LogP contribution in [0, 0.1) is 10.8 Å². The Labute approximate surface area is 147 Å². The Balaban J connectivity index is 2.02. The Kier molecular flexibility index (Phi) is 6.12. The number of amides is 1. The van der Waals surface area contributed by atoms with Gasteiger partial charge in [-0.05, 0) is 62.4 Å². The van der Waals surface area contributed by atoms with Crippen LogP contribution >= 0.6 is 0 Å². The highest BCUT2D eigenvalue weighted by Gasteiger charge is 2.28. The quantitative estimate of drug-likeness (QED) is 0.601. The van der Waals surface area contributed by atoms with E-state index in [0.29, 0.717) is 18.2 Å². The second-order valence-electron chi connectivity index (χ2n) is 7.23. The van der Waals surface area contributed by atoms with Crippen molar-refractivity contribution in [2.45, 2.75) is 51.7 Å². The van der Waals surface area contributed by atoms with E-state index in [1.54, 1.807) is 45.0 Å². The van der Waals surface area contributed by atoms with Crippen LogP contribution in [0.3, 0.4) is 0 Å². The van der Waals surface area contributed by atoms with Crippen molar-refractivity contribution in [1.29, 1.82) is 0 Å². The summed E-state index contributed by atoms with van der Waals surface area (Å²) in [6, 6.07) is 5.64. The first kappa shape index (κ1) is 18.9.